The molecule has 1 heterocycles. The molecule has 28 heavy (non-hydrogen) atoms. The molecule has 0 amide bonds. The molecule has 0 radical (unpaired) electrons. The van der Waals surface area contributed by atoms with E-state index in [9.17, 15) is 14.9 Å². The molecule has 1 aromatic heterocycles. The Balaban J connectivity index is 2.02. The van der Waals surface area contributed by atoms with Gasteiger partial charge in [-0.05, 0) is 30.7 Å². The molecule has 7 nitrogen and oxygen atoms in total. The maximum atomic E-state index is 12.7. The Bertz CT molecular complexity index is 1030. The van der Waals surface area contributed by atoms with Crippen LogP contribution in [-0.2, 0) is 5.41 Å². The lowest BCUT2D eigenvalue weighted by Gasteiger charge is -2.13. The number of rotatable bonds is 4. The third-order valence-electron chi connectivity index (χ3n) is 4.31. The van der Waals surface area contributed by atoms with E-state index in [2.05, 4.69) is 5.10 Å². The highest BCUT2D eigenvalue weighted by Crippen LogP contribution is 2.29. The highest BCUT2D eigenvalue weighted by Gasteiger charge is 2.23. The number of aromatic nitrogens is 2. The molecule has 0 saturated heterocycles. The monoisotopic (exact) mass is 379 g/mol. The van der Waals surface area contributed by atoms with E-state index in [1.807, 2.05) is 39.8 Å². The molecule has 3 aromatic rings. The molecule has 0 aliphatic rings. The van der Waals surface area contributed by atoms with Gasteiger partial charge in [-0.1, -0.05) is 39.0 Å². The van der Waals surface area contributed by atoms with Gasteiger partial charge in [-0.25, -0.2) is 9.48 Å². The summed E-state index contributed by atoms with van der Waals surface area (Å²) in [5.74, 6) is -0.228. The average molecular weight is 379 g/mol. The molecule has 144 valence electrons. The van der Waals surface area contributed by atoms with Crippen LogP contribution < -0.4 is 4.74 Å². The molecule has 3 rings (SSSR count). The van der Waals surface area contributed by atoms with Gasteiger partial charge < -0.3 is 4.74 Å². The lowest BCUT2D eigenvalue weighted by atomic mass is 9.93. The average Bonchev–Trinajstić information content (AvgIpc) is 3.06. The second kappa shape index (κ2) is 7.26. The number of ether oxygens (including phenoxy) is 1. The van der Waals surface area contributed by atoms with Crippen molar-refractivity contribution < 1.29 is 14.5 Å². The molecule has 7 heteroatoms. The summed E-state index contributed by atoms with van der Waals surface area (Å²) in [7, 11) is 0. The van der Waals surface area contributed by atoms with Gasteiger partial charge in [-0.15, -0.1) is 0 Å². The zero-order valence-corrected chi connectivity index (χ0v) is 16.2. The van der Waals surface area contributed by atoms with Crippen LogP contribution in [0.5, 0.6) is 5.88 Å². The second-order valence-corrected chi connectivity index (χ2v) is 7.51. The van der Waals surface area contributed by atoms with Crippen molar-refractivity contribution in [3.8, 4) is 11.6 Å². The van der Waals surface area contributed by atoms with E-state index in [4.69, 9.17) is 4.74 Å². The smallest absolute Gasteiger partial charge is 0.345 e. The van der Waals surface area contributed by atoms with Crippen molar-refractivity contribution in [3.63, 3.8) is 0 Å². The molecule has 0 fully saturated rings. The van der Waals surface area contributed by atoms with Crippen LogP contribution in [-0.4, -0.2) is 20.7 Å². The van der Waals surface area contributed by atoms with Crippen LogP contribution in [0.4, 0.5) is 5.69 Å². The minimum Gasteiger partial charge on any atom is -0.404 e. The number of hydrogen-bond acceptors (Lipinski definition) is 5. The maximum absolute atomic E-state index is 12.7. The number of esters is 1. The molecule has 0 aliphatic carbocycles. The third kappa shape index (κ3) is 3.93. The van der Waals surface area contributed by atoms with E-state index in [1.165, 1.54) is 16.8 Å². The first-order chi connectivity index (χ1) is 13.2. The normalized spacial score (nSPS) is 11.3. The molecule has 0 aliphatic heterocycles. The standard InChI is InChI=1S/C21H21N3O4/c1-14-7-5-6-8-17(14)20(25)28-19-13-18(21(2,3)4)22-23(19)15-9-11-16(12-10-15)24(26)27/h5-13H,1-4H3. The van der Waals surface area contributed by atoms with Gasteiger partial charge in [0.05, 0.1) is 21.9 Å². The number of benzene rings is 2. The van der Waals surface area contributed by atoms with Crippen molar-refractivity contribution in [1.29, 1.82) is 0 Å². The van der Waals surface area contributed by atoms with Gasteiger partial charge in [0.15, 0.2) is 0 Å². The van der Waals surface area contributed by atoms with E-state index in [1.54, 1.807) is 30.3 Å². The molecule has 0 spiro atoms. The van der Waals surface area contributed by atoms with Gasteiger partial charge in [-0.2, -0.15) is 5.10 Å². The zero-order valence-electron chi connectivity index (χ0n) is 16.2. The number of hydrogen-bond donors (Lipinski definition) is 0. The van der Waals surface area contributed by atoms with Crippen molar-refractivity contribution in [3.05, 3.63) is 81.5 Å². The maximum Gasteiger partial charge on any atom is 0.345 e. The SMILES string of the molecule is Cc1ccccc1C(=O)Oc1cc(C(C)(C)C)nn1-c1ccc([N+](=O)[O-])cc1. The Morgan fingerprint density at radius 2 is 1.75 bits per heavy atom. The number of nitrogens with zero attached hydrogens (tertiary/aromatic N) is 3. The van der Waals surface area contributed by atoms with Crippen molar-refractivity contribution >= 4 is 11.7 Å². The Kier molecular flexibility index (Phi) is 5.00. The van der Waals surface area contributed by atoms with E-state index in [0.29, 0.717) is 11.3 Å². The minimum atomic E-state index is -0.485. The van der Waals surface area contributed by atoms with Crippen LogP contribution in [0.3, 0.4) is 0 Å². The molecular formula is C21H21N3O4. The fourth-order valence-corrected chi connectivity index (χ4v) is 2.66. The fraction of sp³-hybridized carbons (Fsp3) is 0.238. The van der Waals surface area contributed by atoms with Crippen LogP contribution in [0.15, 0.2) is 54.6 Å². The lowest BCUT2D eigenvalue weighted by molar-refractivity contribution is -0.384. The Hall–Kier alpha value is -3.48. The summed E-state index contributed by atoms with van der Waals surface area (Å²) in [6.45, 7) is 7.85. The Morgan fingerprint density at radius 1 is 1.11 bits per heavy atom. The topological polar surface area (TPSA) is 87.3 Å². The fourth-order valence-electron chi connectivity index (χ4n) is 2.66. The first-order valence-electron chi connectivity index (χ1n) is 8.80. The van der Waals surface area contributed by atoms with E-state index in [-0.39, 0.29) is 17.0 Å². The van der Waals surface area contributed by atoms with E-state index < -0.39 is 10.9 Å². The number of nitro benzene ring substituents is 1. The molecule has 0 atom stereocenters. The second-order valence-electron chi connectivity index (χ2n) is 7.51. The van der Waals surface area contributed by atoms with E-state index >= 15 is 0 Å². The summed E-state index contributed by atoms with van der Waals surface area (Å²) in [6, 6.07) is 14.8. The number of aryl methyl sites for hydroxylation is 1. The van der Waals surface area contributed by atoms with Crippen molar-refractivity contribution in [2.45, 2.75) is 33.1 Å². The zero-order chi connectivity index (χ0) is 20.5. The Labute approximate surface area is 162 Å². The summed E-state index contributed by atoms with van der Waals surface area (Å²) in [5.41, 5.74) is 2.29. The number of carbonyl (C=O) groups excluding carboxylic acids is 1. The first-order valence-corrected chi connectivity index (χ1v) is 8.80. The molecule has 0 bridgehead atoms. The van der Waals surface area contributed by atoms with Gasteiger partial charge >= 0.3 is 5.97 Å². The third-order valence-corrected chi connectivity index (χ3v) is 4.31. The minimum absolute atomic E-state index is 0.0228. The van der Waals surface area contributed by atoms with Crippen molar-refractivity contribution in [1.82, 2.24) is 9.78 Å². The largest absolute Gasteiger partial charge is 0.404 e. The summed E-state index contributed by atoms with van der Waals surface area (Å²) >= 11 is 0. The first kappa shape index (κ1) is 19.3. The molecule has 2 aromatic carbocycles. The lowest BCUT2D eigenvalue weighted by Crippen LogP contribution is -2.13. The predicted molar refractivity (Wildman–Crippen MR) is 105 cm³/mol. The number of carbonyl (C=O) groups is 1. The highest BCUT2D eigenvalue weighted by molar-refractivity contribution is 5.92. The summed E-state index contributed by atoms with van der Waals surface area (Å²) in [6.07, 6.45) is 0. The summed E-state index contributed by atoms with van der Waals surface area (Å²) in [4.78, 5) is 23.1. The number of non-ortho nitro benzene ring substituents is 1. The Morgan fingerprint density at radius 3 is 2.32 bits per heavy atom. The predicted octanol–water partition coefficient (Wildman–Crippen LogP) is 4.61. The van der Waals surface area contributed by atoms with Gasteiger partial charge in [0.1, 0.15) is 0 Å². The van der Waals surface area contributed by atoms with Gasteiger partial charge in [0.25, 0.3) is 5.69 Å². The van der Waals surface area contributed by atoms with Crippen LogP contribution in [0, 0.1) is 17.0 Å². The van der Waals surface area contributed by atoms with Crippen LogP contribution >= 0.6 is 0 Å². The molecule has 0 unspecified atom stereocenters. The van der Waals surface area contributed by atoms with Crippen molar-refractivity contribution in [2.75, 3.05) is 0 Å². The number of nitro groups is 1. The summed E-state index contributed by atoms with van der Waals surface area (Å²) < 4.78 is 7.13. The quantitative estimate of drug-likeness (QED) is 0.375. The molecule has 0 saturated carbocycles. The van der Waals surface area contributed by atoms with Gasteiger partial charge in [0.2, 0.25) is 5.88 Å². The van der Waals surface area contributed by atoms with Crippen LogP contribution in [0.2, 0.25) is 0 Å². The van der Waals surface area contributed by atoms with Gasteiger partial charge in [-0.3, -0.25) is 10.1 Å². The van der Waals surface area contributed by atoms with Gasteiger partial charge in [0, 0.05) is 23.6 Å². The molecule has 0 N–H and O–H groups in total. The molecular weight excluding hydrogens is 358 g/mol. The van der Waals surface area contributed by atoms with Crippen LogP contribution in [0.1, 0.15) is 42.4 Å². The van der Waals surface area contributed by atoms with Crippen LogP contribution in [0.25, 0.3) is 5.69 Å². The van der Waals surface area contributed by atoms with E-state index in [0.717, 1.165) is 11.3 Å². The summed E-state index contributed by atoms with van der Waals surface area (Å²) in [5, 5.41) is 15.5. The van der Waals surface area contributed by atoms with Crippen molar-refractivity contribution in [2.24, 2.45) is 0 Å². The highest BCUT2D eigenvalue weighted by atomic mass is 16.6.